The average Bonchev–Trinajstić information content (AvgIpc) is 2.95. The maximum absolute atomic E-state index is 14.2. The Hall–Kier alpha value is -4.03. The molecule has 41 heavy (non-hydrogen) atoms. The Morgan fingerprint density at radius 1 is 1.10 bits per heavy atom. The number of likely N-dealkylation sites (N-methyl/N-ethyl adjacent to an activating group) is 1. The van der Waals surface area contributed by atoms with Gasteiger partial charge in [0.15, 0.2) is 11.6 Å². The van der Waals surface area contributed by atoms with E-state index >= 15 is 0 Å². The van der Waals surface area contributed by atoms with E-state index in [1.807, 2.05) is 18.2 Å². The van der Waals surface area contributed by atoms with Crippen LogP contribution in [0.5, 0.6) is 0 Å². The minimum Gasteiger partial charge on any atom is -0.478 e. The van der Waals surface area contributed by atoms with Crippen molar-refractivity contribution in [2.75, 3.05) is 52.7 Å². The van der Waals surface area contributed by atoms with Gasteiger partial charge in [-0.3, -0.25) is 4.90 Å². The number of halogens is 2. The number of hydrogen-bond donors (Lipinski definition) is 3. The number of likely N-dealkylation sites (tertiary alicyclic amines) is 1. The number of nitrogens with one attached hydrogen (secondary N) is 1. The lowest BCUT2D eigenvalue weighted by Gasteiger charge is -2.40. The molecule has 4 rings (SSSR count). The van der Waals surface area contributed by atoms with Gasteiger partial charge in [0.1, 0.15) is 6.04 Å². The van der Waals surface area contributed by atoms with Gasteiger partial charge >= 0.3 is 18.0 Å². The average molecular weight is 572 g/mol. The van der Waals surface area contributed by atoms with E-state index in [9.17, 15) is 28.3 Å². The number of urea groups is 2. The number of methoxy groups -OCH3 is 1. The normalized spacial score (nSPS) is 18.6. The van der Waals surface area contributed by atoms with E-state index in [2.05, 4.69) is 16.3 Å². The number of carbonyl (C=O) groups is 3. The predicted molar refractivity (Wildman–Crippen MR) is 148 cm³/mol. The van der Waals surface area contributed by atoms with E-state index in [0.29, 0.717) is 12.3 Å². The maximum Gasteiger partial charge on any atom is 0.335 e. The van der Waals surface area contributed by atoms with E-state index in [1.54, 1.807) is 0 Å². The van der Waals surface area contributed by atoms with Crippen molar-refractivity contribution >= 4 is 23.7 Å². The molecular formula is C29H35F2N5O5. The molecule has 2 aromatic rings. The Labute approximate surface area is 237 Å². The summed E-state index contributed by atoms with van der Waals surface area (Å²) in [6, 6.07) is 7.58. The minimum absolute atomic E-state index is 0.00498. The Bertz CT molecular complexity index is 1330. The first-order valence-electron chi connectivity index (χ1n) is 13.4. The van der Waals surface area contributed by atoms with Crippen molar-refractivity contribution in [2.24, 2.45) is 0 Å². The van der Waals surface area contributed by atoms with Gasteiger partial charge in [-0.2, -0.15) is 0 Å². The summed E-state index contributed by atoms with van der Waals surface area (Å²) < 4.78 is 33.0. The fraction of sp³-hybridized carbons (Fsp3) is 0.414. The zero-order chi connectivity index (χ0) is 29.7. The number of amides is 4. The number of carbonyl (C=O) groups excluding carboxylic acids is 2. The molecule has 1 atom stereocenters. The number of anilines is 1. The number of piperidine rings is 1. The Kier molecular flexibility index (Phi) is 9.56. The van der Waals surface area contributed by atoms with Crippen LogP contribution in [0.3, 0.4) is 0 Å². The van der Waals surface area contributed by atoms with Crippen LogP contribution in [0.1, 0.15) is 42.3 Å². The number of ether oxygens (including phenoxy) is 1. The number of aliphatic carboxylic acids is 1. The van der Waals surface area contributed by atoms with E-state index in [4.69, 9.17) is 10.5 Å². The van der Waals surface area contributed by atoms with Crippen molar-refractivity contribution < 1.29 is 33.0 Å². The van der Waals surface area contributed by atoms with Crippen LogP contribution in [0.2, 0.25) is 0 Å². The van der Waals surface area contributed by atoms with Crippen LogP contribution in [0, 0.1) is 11.6 Å². The van der Waals surface area contributed by atoms with Gasteiger partial charge in [-0.15, -0.1) is 0 Å². The summed E-state index contributed by atoms with van der Waals surface area (Å²) in [5.74, 6) is -3.35. The molecule has 12 heteroatoms. The highest BCUT2D eigenvalue weighted by molar-refractivity contribution is 6.01. The molecule has 0 spiro atoms. The summed E-state index contributed by atoms with van der Waals surface area (Å²) in [5.41, 5.74) is 7.52. The van der Waals surface area contributed by atoms with Gasteiger partial charge in [0.25, 0.3) is 0 Å². The van der Waals surface area contributed by atoms with Gasteiger partial charge in [0, 0.05) is 26.4 Å². The van der Waals surface area contributed by atoms with Crippen molar-refractivity contribution in [3.8, 4) is 0 Å². The molecule has 1 saturated heterocycles. The fourth-order valence-electron chi connectivity index (χ4n) is 5.50. The molecule has 0 bridgehead atoms. The fourth-order valence-corrected chi connectivity index (χ4v) is 5.50. The third-order valence-electron chi connectivity index (χ3n) is 7.63. The largest absolute Gasteiger partial charge is 0.478 e. The highest BCUT2D eigenvalue weighted by atomic mass is 19.2. The summed E-state index contributed by atoms with van der Waals surface area (Å²) >= 11 is 0. The number of imide groups is 1. The third kappa shape index (κ3) is 6.66. The molecule has 4 N–H and O–H groups in total. The van der Waals surface area contributed by atoms with Crippen molar-refractivity contribution in [3.05, 3.63) is 76.5 Å². The lowest BCUT2D eigenvalue weighted by Crippen LogP contribution is -2.55. The molecular weight excluding hydrogens is 536 g/mol. The second kappa shape index (κ2) is 13.1. The second-order valence-electron chi connectivity index (χ2n) is 10.3. The Morgan fingerprint density at radius 2 is 1.83 bits per heavy atom. The zero-order valence-electron chi connectivity index (χ0n) is 23.1. The number of carboxylic acid groups (broad SMARTS) is 1. The van der Waals surface area contributed by atoms with Gasteiger partial charge in [-0.1, -0.05) is 18.2 Å². The van der Waals surface area contributed by atoms with E-state index in [0.717, 1.165) is 66.2 Å². The summed E-state index contributed by atoms with van der Waals surface area (Å²) in [5, 5.41) is 12.8. The van der Waals surface area contributed by atoms with Crippen molar-refractivity contribution in [1.29, 1.82) is 0 Å². The van der Waals surface area contributed by atoms with Crippen LogP contribution in [0.25, 0.3) is 0 Å². The van der Waals surface area contributed by atoms with Crippen LogP contribution in [-0.2, 0) is 9.53 Å². The topological polar surface area (TPSA) is 128 Å². The highest BCUT2D eigenvalue weighted by Gasteiger charge is 2.45. The Balaban J connectivity index is 1.43. The number of nitrogens with two attached hydrogens (primary N) is 1. The van der Waals surface area contributed by atoms with Gasteiger partial charge in [-0.25, -0.2) is 28.1 Å². The lowest BCUT2D eigenvalue weighted by atomic mass is 9.89. The molecule has 0 radical (unpaired) electrons. The lowest BCUT2D eigenvalue weighted by molar-refractivity contribution is -0.133. The summed E-state index contributed by atoms with van der Waals surface area (Å²) in [4.78, 5) is 43.1. The van der Waals surface area contributed by atoms with Gasteiger partial charge in [-0.05, 0) is 80.2 Å². The number of nitrogen functional groups attached to an aromatic ring is 1. The summed E-state index contributed by atoms with van der Waals surface area (Å²) in [7, 11) is 2.66. The maximum atomic E-state index is 14.2. The molecule has 0 aromatic heterocycles. The number of benzene rings is 2. The minimum atomic E-state index is -1.50. The first-order valence-corrected chi connectivity index (χ1v) is 13.4. The first kappa shape index (κ1) is 29.9. The molecule has 0 aliphatic carbocycles. The van der Waals surface area contributed by atoms with E-state index < -0.39 is 35.7 Å². The molecule has 220 valence electrons. The van der Waals surface area contributed by atoms with E-state index in [-0.39, 0.29) is 30.0 Å². The molecule has 10 nitrogen and oxygen atoms in total. The Morgan fingerprint density at radius 3 is 2.46 bits per heavy atom. The second-order valence-corrected chi connectivity index (χ2v) is 10.3. The SMILES string of the molecule is COCC1=C(C(=O)O)[C@H](c2ccc(F)c(F)c2)N(C(=O)NCCCN2CCC(c3cccc(N)c3)CC2)C(=O)N1C. The monoisotopic (exact) mass is 571 g/mol. The zero-order valence-corrected chi connectivity index (χ0v) is 23.1. The van der Waals surface area contributed by atoms with Crippen molar-refractivity contribution in [2.45, 2.75) is 31.2 Å². The summed E-state index contributed by atoms with van der Waals surface area (Å²) in [6.45, 7) is 2.51. The number of rotatable bonds is 9. The first-order chi connectivity index (χ1) is 19.6. The number of hydrogen-bond acceptors (Lipinski definition) is 6. The van der Waals surface area contributed by atoms with Crippen molar-refractivity contribution in [1.82, 2.24) is 20.0 Å². The molecule has 1 fully saturated rings. The van der Waals surface area contributed by atoms with Crippen LogP contribution in [-0.4, -0.2) is 84.8 Å². The highest BCUT2D eigenvalue weighted by Crippen LogP contribution is 2.37. The predicted octanol–water partition coefficient (Wildman–Crippen LogP) is 3.92. The third-order valence-corrected chi connectivity index (χ3v) is 7.63. The standard InChI is InChI=1S/C29H35F2N5O5/c1-34-24(17-41-2)25(27(37)38)26(20-7-8-22(30)23(31)16-20)36(29(34)40)28(39)33-11-4-12-35-13-9-18(10-14-35)19-5-3-6-21(32)15-19/h3,5-8,15-16,18,26H,4,9-14,17,32H2,1-2H3,(H,33,39)(H,37,38)/t26-/m0/s1. The molecule has 0 unspecified atom stereocenters. The molecule has 2 aliphatic heterocycles. The molecule has 2 aromatic carbocycles. The van der Waals surface area contributed by atoms with Crippen molar-refractivity contribution in [3.63, 3.8) is 0 Å². The van der Waals surface area contributed by atoms with Gasteiger partial charge in [0.2, 0.25) is 0 Å². The van der Waals surface area contributed by atoms with Gasteiger partial charge in [0.05, 0.1) is 17.9 Å². The molecule has 2 heterocycles. The van der Waals surface area contributed by atoms with Crippen LogP contribution < -0.4 is 11.1 Å². The van der Waals surface area contributed by atoms with Gasteiger partial charge < -0.3 is 25.8 Å². The van der Waals surface area contributed by atoms with E-state index in [1.165, 1.54) is 19.7 Å². The summed E-state index contributed by atoms with van der Waals surface area (Å²) in [6.07, 6.45) is 2.59. The smallest absolute Gasteiger partial charge is 0.335 e. The number of nitrogens with zero attached hydrogens (tertiary/aromatic N) is 3. The quantitative estimate of drug-likeness (QED) is 0.307. The van der Waals surface area contributed by atoms with Crippen LogP contribution in [0.4, 0.5) is 24.1 Å². The molecule has 0 saturated carbocycles. The molecule has 2 aliphatic rings. The molecule has 4 amide bonds. The number of carboxylic acids is 1. The van der Waals surface area contributed by atoms with Crippen LogP contribution >= 0.6 is 0 Å². The van der Waals surface area contributed by atoms with Crippen LogP contribution in [0.15, 0.2) is 53.7 Å².